The minimum absolute atomic E-state index is 0.0778. The lowest BCUT2D eigenvalue weighted by molar-refractivity contribution is -0.124. The zero-order valence-corrected chi connectivity index (χ0v) is 20.1. The van der Waals surface area contributed by atoms with Gasteiger partial charge in [-0.05, 0) is 50.1 Å². The van der Waals surface area contributed by atoms with E-state index in [-0.39, 0.29) is 19.0 Å². The summed E-state index contributed by atoms with van der Waals surface area (Å²) < 4.78 is 11.6. The fraction of sp³-hybridized carbons (Fsp3) is 0.346. The molecule has 0 spiro atoms. The standard InChI is InChI=1S/C26H32N2O7/c1-18(30)19-11-13-20(14-12-19)27-25(32)35-24(21-8-4-5-9-22(21)34-17-16-29)26(2,3)15-7-6-10-23(31)28-33/h4-6,8-14,24,29,33H,7,15-17H2,1-3H3,(H,27,32)(H,28,31)/b10-6+/t24-/m0/s1. The van der Waals surface area contributed by atoms with Crippen LogP contribution in [0.4, 0.5) is 10.5 Å². The molecule has 0 bridgehead atoms. The molecule has 2 amide bonds. The Morgan fingerprint density at radius 1 is 1.09 bits per heavy atom. The van der Waals surface area contributed by atoms with Gasteiger partial charge in [-0.1, -0.05) is 38.1 Å². The lowest BCUT2D eigenvalue weighted by Crippen LogP contribution is -2.29. The van der Waals surface area contributed by atoms with Crippen molar-refractivity contribution in [3.63, 3.8) is 0 Å². The third-order valence-electron chi connectivity index (χ3n) is 5.36. The molecule has 0 unspecified atom stereocenters. The van der Waals surface area contributed by atoms with Gasteiger partial charge in [0.2, 0.25) is 0 Å². The number of benzene rings is 2. The van der Waals surface area contributed by atoms with E-state index in [9.17, 15) is 19.5 Å². The average molecular weight is 485 g/mol. The number of hydrogen-bond donors (Lipinski definition) is 4. The van der Waals surface area contributed by atoms with Crippen LogP contribution in [0.2, 0.25) is 0 Å². The number of hydroxylamine groups is 1. The number of ketones is 1. The average Bonchev–Trinajstić information content (AvgIpc) is 2.84. The van der Waals surface area contributed by atoms with E-state index in [1.165, 1.54) is 18.5 Å². The Balaban J connectivity index is 2.27. The van der Waals surface area contributed by atoms with Crippen molar-refractivity contribution in [1.29, 1.82) is 0 Å². The number of Topliss-reactive ketones (excluding diaryl/α,β-unsaturated/α-hetero) is 1. The Morgan fingerprint density at radius 2 is 1.77 bits per heavy atom. The largest absolute Gasteiger partial charge is 0.491 e. The zero-order chi connectivity index (χ0) is 25.8. The Labute approximate surface area is 204 Å². The quantitative estimate of drug-likeness (QED) is 0.152. The molecule has 2 aromatic rings. The first-order valence-corrected chi connectivity index (χ1v) is 11.2. The third kappa shape index (κ3) is 8.55. The molecule has 0 radical (unpaired) electrons. The van der Waals surface area contributed by atoms with Crippen LogP contribution < -0.4 is 15.5 Å². The lowest BCUT2D eigenvalue weighted by Gasteiger charge is -2.35. The molecule has 0 saturated carbocycles. The number of allylic oxidation sites excluding steroid dienone is 1. The number of hydrogen-bond acceptors (Lipinski definition) is 7. The summed E-state index contributed by atoms with van der Waals surface area (Å²) in [7, 11) is 0. The number of ether oxygens (including phenoxy) is 2. The van der Waals surface area contributed by atoms with Gasteiger partial charge < -0.3 is 14.6 Å². The summed E-state index contributed by atoms with van der Waals surface area (Å²) >= 11 is 0. The van der Waals surface area contributed by atoms with E-state index in [2.05, 4.69) is 5.32 Å². The molecule has 1 atom stereocenters. The van der Waals surface area contributed by atoms with Gasteiger partial charge in [-0.25, -0.2) is 10.3 Å². The van der Waals surface area contributed by atoms with Crippen LogP contribution in [-0.4, -0.2) is 41.3 Å². The smallest absolute Gasteiger partial charge is 0.412 e. The molecule has 0 fully saturated rings. The monoisotopic (exact) mass is 484 g/mol. The number of aliphatic hydroxyl groups is 1. The Kier molecular flexibility index (Phi) is 10.4. The van der Waals surface area contributed by atoms with Gasteiger partial charge in [0.25, 0.3) is 5.91 Å². The maximum absolute atomic E-state index is 12.9. The van der Waals surface area contributed by atoms with Gasteiger partial charge in [0.05, 0.1) is 6.61 Å². The number of nitrogens with one attached hydrogen (secondary N) is 2. The molecule has 0 heterocycles. The fourth-order valence-electron chi connectivity index (χ4n) is 3.48. The summed E-state index contributed by atoms with van der Waals surface area (Å²) in [5.41, 5.74) is 2.57. The van der Waals surface area contributed by atoms with Crippen LogP contribution in [0.5, 0.6) is 5.75 Å². The predicted octanol–water partition coefficient (Wildman–Crippen LogP) is 4.42. The summed E-state index contributed by atoms with van der Waals surface area (Å²) in [5, 5.41) is 20.5. The molecular weight excluding hydrogens is 452 g/mol. The molecule has 0 aliphatic carbocycles. The van der Waals surface area contributed by atoms with Crippen LogP contribution in [0.15, 0.2) is 60.7 Å². The molecule has 2 aromatic carbocycles. The van der Waals surface area contributed by atoms with Gasteiger partial charge in [-0.3, -0.25) is 20.1 Å². The van der Waals surface area contributed by atoms with Crippen LogP contribution in [0, 0.1) is 5.41 Å². The van der Waals surface area contributed by atoms with Crippen molar-refractivity contribution in [2.24, 2.45) is 5.41 Å². The number of carbonyl (C=O) groups excluding carboxylic acids is 3. The molecule has 0 aliphatic rings. The second kappa shape index (κ2) is 13.3. The highest BCUT2D eigenvalue weighted by Crippen LogP contribution is 2.44. The van der Waals surface area contributed by atoms with E-state index in [1.54, 1.807) is 54.6 Å². The van der Waals surface area contributed by atoms with Crippen molar-refractivity contribution < 1.29 is 34.2 Å². The van der Waals surface area contributed by atoms with Crippen molar-refractivity contribution in [3.05, 3.63) is 71.8 Å². The second-order valence-corrected chi connectivity index (χ2v) is 8.56. The third-order valence-corrected chi connectivity index (χ3v) is 5.36. The Morgan fingerprint density at radius 3 is 2.40 bits per heavy atom. The van der Waals surface area contributed by atoms with Crippen LogP contribution in [0.25, 0.3) is 0 Å². The SMILES string of the molecule is CC(=O)c1ccc(NC(=O)O[C@@H](c2ccccc2OCCO)C(C)(C)CC/C=C/C(=O)NO)cc1. The van der Waals surface area contributed by atoms with E-state index in [4.69, 9.17) is 14.7 Å². The second-order valence-electron chi connectivity index (χ2n) is 8.56. The van der Waals surface area contributed by atoms with Crippen LogP contribution in [0.3, 0.4) is 0 Å². The van der Waals surface area contributed by atoms with E-state index in [0.717, 1.165) is 0 Å². The molecule has 0 aromatic heterocycles. The lowest BCUT2D eigenvalue weighted by atomic mass is 9.78. The van der Waals surface area contributed by atoms with Gasteiger partial charge in [0.1, 0.15) is 18.5 Å². The summed E-state index contributed by atoms with van der Waals surface area (Å²) in [4.78, 5) is 35.6. The van der Waals surface area contributed by atoms with E-state index in [1.807, 2.05) is 13.8 Å². The Hall–Kier alpha value is -3.69. The molecule has 188 valence electrons. The summed E-state index contributed by atoms with van der Waals surface area (Å²) in [5.74, 6) is -0.229. The van der Waals surface area contributed by atoms with E-state index in [0.29, 0.717) is 35.4 Å². The van der Waals surface area contributed by atoms with Gasteiger partial charge in [0, 0.05) is 28.3 Å². The fourth-order valence-corrected chi connectivity index (χ4v) is 3.48. The molecule has 0 saturated heterocycles. The number of carbonyl (C=O) groups is 3. The highest BCUT2D eigenvalue weighted by atomic mass is 16.6. The summed E-state index contributed by atoms with van der Waals surface area (Å²) in [6.45, 7) is 5.23. The first-order chi connectivity index (χ1) is 16.7. The van der Waals surface area contributed by atoms with Gasteiger partial charge >= 0.3 is 6.09 Å². The summed E-state index contributed by atoms with van der Waals surface area (Å²) in [6, 6.07) is 13.6. The van der Waals surface area contributed by atoms with Gasteiger partial charge in [0.15, 0.2) is 5.78 Å². The molecule has 0 aliphatic heterocycles. The van der Waals surface area contributed by atoms with E-state index < -0.39 is 23.5 Å². The minimum atomic E-state index is -0.742. The maximum Gasteiger partial charge on any atom is 0.412 e. The minimum Gasteiger partial charge on any atom is -0.491 e. The van der Waals surface area contributed by atoms with Crippen LogP contribution >= 0.6 is 0 Å². The molecule has 9 heteroatoms. The highest BCUT2D eigenvalue weighted by Gasteiger charge is 2.35. The number of anilines is 1. The maximum atomic E-state index is 12.9. The first-order valence-electron chi connectivity index (χ1n) is 11.2. The van der Waals surface area contributed by atoms with Gasteiger partial charge in [-0.2, -0.15) is 0 Å². The zero-order valence-electron chi connectivity index (χ0n) is 20.1. The van der Waals surface area contributed by atoms with Crippen molar-refractivity contribution in [2.45, 2.75) is 39.7 Å². The van der Waals surface area contributed by atoms with Crippen molar-refractivity contribution in [2.75, 3.05) is 18.5 Å². The molecular formula is C26H32N2O7. The predicted molar refractivity (Wildman–Crippen MR) is 130 cm³/mol. The van der Waals surface area contributed by atoms with Crippen LogP contribution in [0.1, 0.15) is 55.6 Å². The molecule has 4 N–H and O–H groups in total. The van der Waals surface area contributed by atoms with Crippen molar-refractivity contribution in [1.82, 2.24) is 5.48 Å². The number of aliphatic hydroxyl groups excluding tert-OH is 1. The molecule has 2 rings (SSSR count). The Bertz CT molecular complexity index is 1030. The molecule has 35 heavy (non-hydrogen) atoms. The number of amides is 2. The van der Waals surface area contributed by atoms with Crippen molar-refractivity contribution >= 4 is 23.5 Å². The highest BCUT2D eigenvalue weighted by molar-refractivity contribution is 5.95. The van der Waals surface area contributed by atoms with Gasteiger partial charge in [-0.15, -0.1) is 0 Å². The molecule has 9 nitrogen and oxygen atoms in total. The van der Waals surface area contributed by atoms with Crippen LogP contribution in [-0.2, 0) is 9.53 Å². The normalized spacial score (nSPS) is 12.1. The number of rotatable bonds is 12. The first kappa shape index (κ1) is 27.6. The number of para-hydroxylation sites is 1. The van der Waals surface area contributed by atoms with E-state index >= 15 is 0 Å². The topological polar surface area (TPSA) is 134 Å². The van der Waals surface area contributed by atoms with Crippen molar-refractivity contribution in [3.8, 4) is 5.75 Å². The summed E-state index contributed by atoms with van der Waals surface area (Å²) in [6.07, 6.45) is 2.42.